The molecule has 1 atom stereocenters. The van der Waals surface area contributed by atoms with Gasteiger partial charge in [-0.3, -0.25) is 10.1 Å². The van der Waals surface area contributed by atoms with Crippen molar-refractivity contribution in [2.24, 2.45) is 5.84 Å². The smallest absolute Gasteiger partial charge is 0.276 e. The summed E-state index contributed by atoms with van der Waals surface area (Å²) >= 11 is 0. The van der Waals surface area contributed by atoms with Crippen molar-refractivity contribution in [2.45, 2.75) is 19.4 Å². The minimum atomic E-state index is -0.455. The number of hydrogen-bond acceptors (Lipinski definition) is 7. The van der Waals surface area contributed by atoms with E-state index in [1.54, 1.807) is 0 Å². The summed E-state index contributed by atoms with van der Waals surface area (Å²) in [5.41, 5.74) is 2.32. The van der Waals surface area contributed by atoms with E-state index in [1.807, 2.05) is 11.8 Å². The highest BCUT2D eigenvalue weighted by Crippen LogP contribution is 2.24. The average Bonchev–Trinajstić information content (AvgIpc) is 2.46. The van der Waals surface area contributed by atoms with Gasteiger partial charge >= 0.3 is 0 Å². The molecule has 1 aliphatic heterocycles. The van der Waals surface area contributed by atoms with Gasteiger partial charge in [-0.1, -0.05) is 6.92 Å². The molecular weight excluding hydrogens is 250 g/mol. The van der Waals surface area contributed by atoms with Crippen LogP contribution in [0.5, 0.6) is 0 Å². The summed E-state index contributed by atoms with van der Waals surface area (Å²) in [4.78, 5) is 16.7. The highest BCUT2D eigenvalue weighted by atomic mass is 16.6. The van der Waals surface area contributed by atoms with Crippen LogP contribution in [0.1, 0.15) is 13.3 Å². The first-order valence-corrected chi connectivity index (χ1v) is 6.13. The molecule has 8 nitrogen and oxygen atoms in total. The SMILES string of the molecule is CCC1CN(c2cc([N+](=O)[O-])cc(NN)n2)CCO1. The molecule has 0 aromatic carbocycles. The van der Waals surface area contributed by atoms with Gasteiger partial charge in [-0.05, 0) is 6.42 Å². The van der Waals surface area contributed by atoms with E-state index < -0.39 is 4.92 Å². The molecule has 0 amide bonds. The van der Waals surface area contributed by atoms with E-state index >= 15 is 0 Å². The Hall–Kier alpha value is -1.93. The van der Waals surface area contributed by atoms with Gasteiger partial charge in [-0.2, -0.15) is 0 Å². The van der Waals surface area contributed by atoms with Crippen molar-refractivity contribution < 1.29 is 9.66 Å². The second-order valence-electron chi connectivity index (χ2n) is 4.32. The molecule has 104 valence electrons. The van der Waals surface area contributed by atoms with E-state index in [4.69, 9.17) is 10.6 Å². The fraction of sp³-hybridized carbons (Fsp3) is 0.545. The van der Waals surface area contributed by atoms with Crippen molar-refractivity contribution in [3.63, 3.8) is 0 Å². The normalized spacial score (nSPS) is 19.3. The lowest BCUT2D eigenvalue weighted by Crippen LogP contribution is -2.42. The topological polar surface area (TPSA) is 107 Å². The lowest BCUT2D eigenvalue weighted by Gasteiger charge is -2.33. The van der Waals surface area contributed by atoms with Crippen LogP contribution >= 0.6 is 0 Å². The second kappa shape index (κ2) is 5.81. The van der Waals surface area contributed by atoms with Crippen molar-refractivity contribution in [3.05, 3.63) is 22.2 Å². The summed E-state index contributed by atoms with van der Waals surface area (Å²) in [5.74, 6) is 6.12. The van der Waals surface area contributed by atoms with Gasteiger partial charge < -0.3 is 15.1 Å². The number of hydrazine groups is 1. The van der Waals surface area contributed by atoms with Crippen LogP contribution in [0.4, 0.5) is 17.3 Å². The van der Waals surface area contributed by atoms with Gasteiger partial charge in [0, 0.05) is 13.1 Å². The van der Waals surface area contributed by atoms with Gasteiger partial charge in [0.1, 0.15) is 11.6 Å². The van der Waals surface area contributed by atoms with Crippen LogP contribution in [0.3, 0.4) is 0 Å². The van der Waals surface area contributed by atoms with Crippen LogP contribution in [0.25, 0.3) is 0 Å². The molecule has 8 heteroatoms. The molecule has 2 heterocycles. The van der Waals surface area contributed by atoms with E-state index in [1.165, 1.54) is 12.1 Å². The number of nitrogen functional groups attached to an aromatic ring is 1. The van der Waals surface area contributed by atoms with Gasteiger partial charge in [-0.25, -0.2) is 10.8 Å². The molecule has 1 aromatic rings. The maximum Gasteiger partial charge on any atom is 0.276 e. The van der Waals surface area contributed by atoms with Crippen LogP contribution in [-0.4, -0.2) is 35.7 Å². The molecule has 1 fully saturated rings. The zero-order valence-electron chi connectivity index (χ0n) is 10.7. The van der Waals surface area contributed by atoms with Gasteiger partial charge in [0.05, 0.1) is 29.8 Å². The van der Waals surface area contributed by atoms with Crippen molar-refractivity contribution in [2.75, 3.05) is 30.0 Å². The largest absolute Gasteiger partial charge is 0.375 e. The van der Waals surface area contributed by atoms with Gasteiger partial charge in [-0.15, -0.1) is 0 Å². The number of anilines is 2. The number of rotatable bonds is 4. The fourth-order valence-corrected chi connectivity index (χ4v) is 2.02. The first kappa shape index (κ1) is 13.5. The monoisotopic (exact) mass is 267 g/mol. The number of aromatic nitrogens is 1. The number of morpholine rings is 1. The Bertz CT molecular complexity index is 468. The summed E-state index contributed by atoms with van der Waals surface area (Å²) in [5, 5.41) is 10.9. The van der Waals surface area contributed by atoms with Crippen molar-refractivity contribution in [1.82, 2.24) is 4.98 Å². The molecule has 0 aliphatic carbocycles. The molecule has 1 unspecified atom stereocenters. The maximum atomic E-state index is 10.9. The van der Waals surface area contributed by atoms with Gasteiger partial charge in [0.25, 0.3) is 5.69 Å². The summed E-state index contributed by atoms with van der Waals surface area (Å²) in [7, 11) is 0. The first-order valence-electron chi connectivity index (χ1n) is 6.13. The number of nitrogens with one attached hydrogen (secondary N) is 1. The maximum absolute atomic E-state index is 10.9. The number of nitrogens with two attached hydrogens (primary N) is 1. The standard InChI is InChI=1S/C11H17N5O3/c1-2-9-7-15(3-4-19-9)11-6-8(16(17)18)5-10(13-11)14-12/h5-6,9H,2-4,7,12H2,1H3,(H,13,14). The van der Waals surface area contributed by atoms with Crippen LogP contribution < -0.4 is 16.2 Å². The predicted octanol–water partition coefficient (Wildman–Crippen LogP) is 0.891. The minimum Gasteiger partial charge on any atom is -0.375 e. The molecule has 0 radical (unpaired) electrons. The molecular formula is C11H17N5O3. The number of ether oxygens (including phenoxy) is 1. The Balaban J connectivity index is 2.27. The zero-order chi connectivity index (χ0) is 13.8. The highest BCUT2D eigenvalue weighted by Gasteiger charge is 2.22. The first-order chi connectivity index (χ1) is 9.13. The molecule has 1 aromatic heterocycles. The Morgan fingerprint density at radius 1 is 1.68 bits per heavy atom. The number of nitro groups is 1. The molecule has 3 N–H and O–H groups in total. The van der Waals surface area contributed by atoms with E-state index in [2.05, 4.69) is 10.4 Å². The molecule has 0 spiro atoms. The van der Waals surface area contributed by atoms with Crippen LogP contribution in [0, 0.1) is 10.1 Å². The minimum absolute atomic E-state index is 0.0301. The van der Waals surface area contributed by atoms with E-state index in [9.17, 15) is 10.1 Å². The molecule has 1 aliphatic rings. The fourth-order valence-electron chi connectivity index (χ4n) is 2.02. The molecule has 0 bridgehead atoms. The zero-order valence-corrected chi connectivity index (χ0v) is 10.7. The third-order valence-electron chi connectivity index (χ3n) is 3.07. The summed E-state index contributed by atoms with van der Waals surface area (Å²) < 4.78 is 5.57. The number of nitrogens with zero attached hydrogens (tertiary/aromatic N) is 3. The van der Waals surface area contributed by atoms with E-state index in [0.29, 0.717) is 25.5 Å². The number of pyridine rings is 1. The van der Waals surface area contributed by atoms with Gasteiger partial charge in [0.2, 0.25) is 0 Å². The predicted molar refractivity (Wildman–Crippen MR) is 70.9 cm³/mol. The molecule has 2 rings (SSSR count). The Morgan fingerprint density at radius 2 is 2.47 bits per heavy atom. The number of hydrogen-bond donors (Lipinski definition) is 2. The summed E-state index contributed by atoms with van der Waals surface area (Å²) in [6.07, 6.45) is 1.03. The van der Waals surface area contributed by atoms with E-state index in [0.717, 1.165) is 6.42 Å². The Morgan fingerprint density at radius 3 is 3.11 bits per heavy atom. The summed E-state index contributed by atoms with van der Waals surface area (Å²) in [6.45, 7) is 3.97. The van der Waals surface area contributed by atoms with Crippen LogP contribution in [0.2, 0.25) is 0 Å². The molecule has 0 saturated carbocycles. The third kappa shape index (κ3) is 3.09. The van der Waals surface area contributed by atoms with E-state index in [-0.39, 0.29) is 17.6 Å². The van der Waals surface area contributed by atoms with Crippen LogP contribution in [0.15, 0.2) is 12.1 Å². The Labute approximate surface area is 110 Å². The highest BCUT2D eigenvalue weighted by molar-refractivity contribution is 5.55. The quantitative estimate of drug-likeness (QED) is 0.474. The lowest BCUT2D eigenvalue weighted by atomic mass is 10.2. The van der Waals surface area contributed by atoms with Crippen LogP contribution in [-0.2, 0) is 4.74 Å². The van der Waals surface area contributed by atoms with Crippen molar-refractivity contribution >= 4 is 17.3 Å². The molecule has 19 heavy (non-hydrogen) atoms. The lowest BCUT2D eigenvalue weighted by molar-refractivity contribution is -0.384. The average molecular weight is 267 g/mol. The second-order valence-corrected chi connectivity index (χ2v) is 4.32. The van der Waals surface area contributed by atoms with Crippen molar-refractivity contribution in [1.29, 1.82) is 0 Å². The van der Waals surface area contributed by atoms with Crippen molar-refractivity contribution in [3.8, 4) is 0 Å². The third-order valence-corrected chi connectivity index (χ3v) is 3.07. The molecule has 1 saturated heterocycles. The summed E-state index contributed by atoms with van der Waals surface area (Å²) in [6, 6.07) is 2.76. The van der Waals surface area contributed by atoms with Gasteiger partial charge in [0.15, 0.2) is 0 Å². The Kier molecular flexibility index (Phi) is 4.13.